The topological polar surface area (TPSA) is 205 Å². The van der Waals surface area contributed by atoms with Crippen LogP contribution in [0, 0.1) is 30.6 Å². The van der Waals surface area contributed by atoms with E-state index in [1.54, 1.807) is 0 Å². The molecular weight excluding hydrogens is 1320 g/mol. The molecule has 0 saturated carbocycles. The van der Waals surface area contributed by atoms with Crippen LogP contribution in [0.5, 0.6) is 0 Å². The van der Waals surface area contributed by atoms with Gasteiger partial charge in [-0.1, -0.05) is 160 Å². The molecule has 0 spiro atoms. The number of carbonyl (C=O) groups excluding carboxylic acids is 6. The maximum absolute atomic E-state index is 14.4. The third-order valence-electron chi connectivity index (χ3n) is 21.6. The summed E-state index contributed by atoms with van der Waals surface area (Å²) >= 11 is 0. The van der Waals surface area contributed by atoms with Gasteiger partial charge in [0.25, 0.3) is 0 Å². The van der Waals surface area contributed by atoms with E-state index in [4.69, 9.17) is 4.99 Å². The number of rotatable bonds is 44. The Hall–Kier alpha value is -7.88. The highest BCUT2D eigenvalue weighted by molar-refractivity contribution is 6.43. The number of amides is 4. The van der Waals surface area contributed by atoms with Crippen LogP contribution in [0.4, 0.5) is 22.7 Å². The maximum atomic E-state index is 14.4. The number of nitrogens with zero attached hydrogens (tertiary/aromatic N) is 6. The highest BCUT2D eigenvalue weighted by atomic mass is 16.3. The van der Waals surface area contributed by atoms with Gasteiger partial charge >= 0.3 is 0 Å². The Morgan fingerprint density at radius 2 is 0.830 bits per heavy atom. The molecule has 16 heteroatoms. The number of aliphatic hydroxyl groups excluding tert-OH is 2. The number of aliphatic imine (C=N–C) groups is 2. The van der Waals surface area contributed by atoms with Gasteiger partial charge in [0.1, 0.15) is 11.5 Å². The van der Waals surface area contributed by atoms with Crippen molar-refractivity contribution >= 4 is 80.5 Å². The first kappa shape index (κ1) is 88.7. The van der Waals surface area contributed by atoms with E-state index in [-0.39, 0.29) is 92.7 Å². The van der Waals surface area contributed by atoms with Gasteiger partial charge in [-0.25, -0.2) is 9.98 Å². The third kappa shape index (κ3) is 23.1. The molecule has 0 saturated heterocycles. The number of carbonyl (C=O) groups is 6. The van der Waals surface area contributed by atoms with E-state index in [0.29, 0.717) is 64.3 Å². The van der Waals surface area contributed by atoms with Crippen molar-refractivity contribution in [1.82, 2.24) is 9.80 Å². The number of likely N-dealkylation sites (N-methyl/N-ethyl adjacent to an activating group) is 1. The van der Waals surface area contributed by atoms with Gasteiger partial charge in [0.2, 0.25) is 35.2 Å². The van der Waals surface area contributed by atoms with E-state index in [2.05, 4.69) is 118 Å². The third-order valence-corrected chi connectivity index (χ3v) is 21.6. The van der Waals surface area contributed by atoms with Crippen LogP contribution in [-0.2, 0) is 28.8 Å². The molecule has 0 bridgehead atoms. The predicted octanol–water partition coefficient (Wildman–Crippen LogP) is 21.5. The molecule has 16 nitrogen and oxygen atoms in total. The number of aliphatic hydroxyl groups is 2. The van der Waals surface area contributed by atoms with Crippen LogP contribution in [0.3, 0.4) is 0 Å². The zero-order valence-corrected chi connectivity index (χ0v) is 68.7. The van der Waals surface area contributed by atoms with Crippen LogP contribution >= 0.6 is 0 Å². The normalized spacial score (nSPS) is 17.6. The summed E-state index contributed by atoms with van der Waals surface area (Å²) in [6.45, 7) is 44.3. The molecule has 2 aromatic carbocycles. The second kappa shape index (κ2) is 45.7. The lowest BCUT2D eigenvalue weighted by atomic mass is 9.77. The number of nitrogens with one attached hydrogen (secondary N) is 2. The minimum atomic E-state index is -0.331. The van der Waals surface area contributed by atoms with Crippen LogP contribution in [0.25, 0.3) is 11.1 Å². The second-order valence-electron chi connectivity index (χ2n) is 29.2. The Balaban J connectivity index is 0.000000383. The predicted molar refractivity (Wildman–Crippen MR) is 445 cm³/mol. The molecule has 106 heavy (non-hydrogen) atoms. The first-order chi connectivity index (χ1) is 51.1. The minimum absolute atomic E-state index is 0.0662. The van der Waals surface area contributed by atoms with E-state index in [0.717, 1.165) is 221 Å². The molecule has 4 aliphatic rings. The average molecular weight is 1460 g/mol. The number of Topliss-reactive ketones (excluding diaryl/α,β-unsaturated/α-hetero) is 2. The number of unbranched alkanes of at least 4 members (excludes halogenated alkanes) is 8. The van der Waals surface area contributed by atoms with E-state index in [9.17, 15) is 39.0 Å². The molecule has 4 unspecified atom stereocenters. The molecule has 0 aliphatic heterocycles. The molecule has 584 valence electrons. The Kier molecular flexibility index (Phi) is 38.3. The van der Waals surface area contributed by atoms with Crippen LogP contribution in [0.2, 0.25) is 0 Å². The summed E-state index contributed by atoms with van der Waals surface area (Å²) < 4.78 is 0. The monoisotopic (exact) mass is 1460 g/mol. The Morgan fingerprint density at radius 3 is 1.25 bits per heavy atom. The molecule has 4 aliphatic carbocycles. The van der Waals surface area contributed by atoms with Gasteiger partial charge in [-0.05, 0) is 190 Å². The van der Waals surface area contributed by atoms with Crippen LogP contribution in [0.1, 0.15) is 288 Å². The van der Waals surface area contributed by atoms with Crippen molar-refractivity contribution < 1.29 is 39.0 Å². The smallest absolute Gasteiger partial charge is 0.249 e. The van der Waals surface area contributed by atoms with E-state index in [1.165, 1.54) is 0 Å². The fourth-order valence-electron chi connectivity index (χ4n) is 14.5. The number of aryl methyl sites for hydroxylation is 1. The minimum Gasteiger partial charge on any atom is -0.506 e. The lowest BCUT2D eigenvalue weighted by molar-refractivity contribution is -0.122. The van der Waals surface area contributed by atoms with Gasteiger partial charge in [0.05, 0.1) is 45.1 Å². The van der Waals surface area contributed by atoms with Crippen molar-refractivity contribution in [2.24, 2.45) is 33.7 Å². The number of benzene rings is 2. The van der Waals surface area contributed by atoms with E-state index in [1.807, 2.05) is 102 Å². The summed E-state index contributed by atoms with van der Waals surface area (Å²) in [7, 11) is 0. The van der Waals surface area contributed by atoms with Crippen LogP contribution < -0.4 is 20.4 Å². The zero-order valence-electron chi connectivity index (χ0n) is 68.7. The van der Waals surface area contributed by atoms with Crippen molar-refractivity contribution in [2.75, 3.05) is 72.8 Å². The van der Waals surface area contributed by atoms with Gasteiger partial charge in [0, 0.05) is 121 Å². The SMILES string of the molecule is CCCCC(CC)C(=O)N=C1C=C(N(CC)CC)C(C)=CC1=C1C(=O)C(c2cc(C)c(N(CC)CC)cc2NC(=O)C(CC)CCCC)=C1O.CCCCC(CC)C(=O)N=C1C=C(N(CCCC)CCCC)C=CC1=C1C(=O)C(c2ccc(N(CCCC)CCCC)cc2NC(=O)C(CC)CCCC)=C1O. The Bertz CT molecular complexity index is 3640. The summed E-state index contributed by atoms with van der Waals surface area (Å²) in [5, 5.41) is 30.0. The summed E-state index contributed by atoms with van der Waals surface area (Å²) in [5.41, 5.74) is 10.2. The van der Waals surface area contributed by atoms with Gasteiger partial charge in [-0.3, -0.25) is 28.8 Å². The zero-order chi connectivity index (χ0) is 78.2. The van der Waals surface area contributed by atoms with Crippen molar-refractivity contribution in [3.05, 3.63) is 128 Å². The summed E-state index contributed by atoms with van der Waals surface area (Å²) in [4.78, 5) is 102. The molecule has 0 radical (unpaired) electrons. The van der Waals surface area contributed by atoms with Crippen LogP contribution in [0.15, 0.2) is 121 Å². The van der Waals surface area contributed by atoms with Crippen molar-refractivity contribution in [3.8, 4) is 0 Å². The number of anilines is 4. The molecule has 2 aromatic rings. The highest BCUT2D eigenvalue weighted by Gasteiger charge is 2.42. The number of hydrogen-bond acceptors (Lipinski definition) is 12. The summed E-state index contributed by atoms with van der Waals surface area (Å²) in [5.74, 6) is -2.16. The quantitative estimate of drug-likeness (QED) is 0.0458. The number of allylic oxidation sites excluding steroid dienone is 12. The van der Waals surface area contributed by atoms with Crippen LogP contribution in [-0.4, -0.2) is 119 Å². The standard InChI is InChI=1S/C48H74N4O4.C42H62N4O4/c1-9-17-23-35(15-7)47(55)49-41-33-37(51(29-19-11-3)30-20-12-4)25-27-39(41)43-45(53)44(46(43)54)40-28-26-38(52(31-21-13-5)32-22-14-6)34-42(40)50-48(56)36(16-8)24-18-10-2;1-11-19-21-29(13-3)41(49)43-33-25-35(45(15-5)16-6)27(9)23-31(33)37-39(47)38(40(37)48)32-24-28(10)36(46(17-7)18-8)26-34(32)44-42(50)30(14-4)22-20-12-2/h25-28,33-36,53H,9-24,29-32H2,1-8H3,(H,49,55);23-26,29-30,47H,11-22H2,1-10H3,(H,43,49). The van der Waals surface area contributed by atoms with Crippen molar-refractivity contribution in [1.29, 1.82) is 0 Å². The van der Waals surface area contributed by atoms with Gasteiger partial charge in [-0.2, -0.15) is 0 Å². The van der Waals surface area contributed by atoms with E-state index < -0.39 is 0 Å². The Morgan fingerprint density at radius 1 is 0.425 bits per heavy atom. The van der Waals surface area contributed by atoms with Gasteiger partial charge in [0.15, 0.2) is 0 Å². The molecule has 0 aromatic heterocycles. The first-order valence-corrected chi connectivity index (χ1v) is 41.5. The first-order valence-electron chi connectivity index (χ1n) is 41.5. The highest BCUT2D eigenvalue weighted by Crippen LogP contribution is 2.46. The molecular formula is C90H136N8O8. The molecule has 6 rings (SSSR count). The average Bonchev–Trinajstić information content (AvgIpc) is 0.728. The maximum Gasteiger partial charge on any atom is 0.249 e. The fraction of sp³-hybridized carbons (Fsp3) is 0.600. The van der Waals surface area contributed by atoms with Gasteiger partial charge in [-0.15, -0.1) is 0 Å². The van der Waals surface area contributed by atoms with Crippen molar-refractivity contribution in [3.63, 3.8) is 0 Å². The number of hydrogen-bond donors (Lipinski definition) is 4. The second-order valence-corrected chi connectivity index (χ2v) is 29.2. The molecule has 0 heterocycles. The Labute approximate surface area is 639 Å². The molecule has 0 fully saturated rings. The summed E-state index contributed by atoms with van der Waals surface area (Å²) in [6.07, 6.45) is 31.7. The van der Waals surface area contributed by atoms with Gasteiger partial charge < -0.3 is 40.4 Å². The summed E-state index contributed by atoms with van der Waals surface area (Å²) in [6, 6.07) is 9.71. The lowest BCUT2D eigenvalue weighted by Crippen LogP contribution is -2.30. The number of ketones is 2. The molecule has 4 amide bonds. The van der Waals surface area contributed by atoms with Crippen molar-refractivity contribution in [2.45, 2.75) is 279 Å². The molecule has 4 atom stereocenters. The lowest BCUT2D eigenvalue weighted by Gasteiger charge is -2.31. The van der Waals surface area contributed by atoms with E-state index >= 15 is 0 Å². The molecule has 4 N–H and O–H groups in total. The fourth-order valence-corrected chi connectivity index (χ4v) is 14.5. The largest absolute Gasteiger partial charge is 0.506 e.